The van der Waals surface area contributed by atoms with E-state index in [1.807, 2.05) is 10.9 Å². The highest BCUT2D eigenvalue weighted by molar-refractivity contribution is 5.05. The number of hydrogen-bond donors (Lipinski definition) is 1. The van der Waals surface area contributed by atoms with E-state index >= 15 is 0 Å². The summed E-state index contributed by atoms with van der Waals surface area (Å²) in [6.07, 6.45) is 5.13. The molecule has 1 aliphatic rings. The van der Waals surface area contributed by atoms with Crippen LogP contribution in [0.15, 0.2) is 12.4 Å². The van der Waals surface area contributed by atoms with Crippen molar-refractivity contribution in [3.63, 3.8) is 0 Å². The zero-order valence-corrected chi connectivity index (χ0v) is 10.4. The van der Waals surface area contributed by atoms with E-state index in [4.69, 9.17) is 4.74 Å². The normalized spacial score (nSPS) is 25.5. The van der Waals surface area contributed by atoms with Crippen LogP contribution in [0.1, 0.15) is 38.8 Å². The molecule has 1 aliphatic heterocycles. The van der Waals surface area contributed by atoms with Crippen LogP contribution in [0.2, 0.25) is 0 Å². The van der Waals surface area contributed by atoms with Gasteiger partial charge in [-0.1, -0.05) is 0 Å². The predicted molar refractivity (Wildman–Crippen MR) is 63.3 cm³/mol. The monoisotopic (exact) mass is 223 g/mol. The summed E-state index contributed by atoms with van der Waals surface area (Å²) in [6.45, 7) is 9.03. The van der Waals surface area contributed by atoms with E-state index in [1.54, 1.807) is 0 Å². The van der Waals surface area contributed by atoms with E-state index in [1.165, 1.54) is 5.56 Å². The van der Waals surface area contributed by atoms with Crippen LogP contribution in [-0.4, -0.2) is 28.5 Å². The van der Waals surface area contributed by atoms with Gasteiger partial charge in [0.2, 0.25) is 0 Å². The first-order valence-corrected chi connectivity index (χ1v) is 5.95. The van der Waals surface area contributed by atoms with E-state index in [0.717, 1.165) is 26.2 Å². The van der Waals surface area contributed by atoms with Crippen LogP contribution in [0, 0.1) is 0 Å². The van der Waals surface area contributed by atoms with Gasteiger partial charge in [-0.3, -0.25) is 4.68 Å². The maximum atomic E-state index is 5.41. The summed E-state index contributed by atoms with van der Waals surface area (Å²) in [7, 11) is 0. The van der Waals surface area contributed by atoms with Crippen molar-refractivity contribution < 1.29 is 4.74 Å². The van der Waals surface area contributed by atoms with Crippen molar-refractivity contribution in [3.8, 4) is 0 Å². The zero-order chi connectivity index (χ0) is 11.6. The molecule has 0 aromatic carbocycles. The smallest absolute Gasteiger partial charge is 0.0646 e. The minimum Gasteiger partial charge on any atom is -0.379 e. The van der Waals surface area contributed by atoms with Crippen molar-refractivity contribution in [2.24, 2.45) is 0 Å². The first-order chi connectivity index (χ1) is 7.59. The molecule has 1 atom stereocenters. The van der Waals surface area contributed by atoms with E-state index in [2.05, 4.69) is 37.4 Å². The van der Waals surface area contributed by atoms with Crippen molar-refractivity contribution in [1.82, 2.24) is 15.1 Å². The summed E-state index contributed by atoms with van der Waals surface area (Å²) in [5.74, 6) is 0. The maximum absolute atomic E-state index is 5.41. The summed E-state index contributed by atoms with van der Waals surface area (Å²) < 4.78 is 7.40. The molecule has 1 N–H and O–H groups in total. The second kappa shape index (κ2) is 4.55. The van der Waals surface area contributed by atoms with Gasteiger partial charge in [-0.15, -0.1) is 0 Å². The summed E-state index contributed by atoms with van der Waals surface area (Å²) in [5.41, 5.74) is 1.38. The third-order valence-electron chi connectivity index (χ3n) is 3.12. The number of hydrogen-bond acceptors (Lipinski definition) is 3. The standard InChI is InChI=1S/C12H21N3O/c1-10(2)15-8-11(7-14-15)6-13-12(3)4-5-16-9-12/h7-8,10,13H,4-6,9H2,1-3H3. The highest BCUT2D eigenvalue weighted by Crippen LogP contribution is 2.18. The van der Waals surface area contributed by atoms with Crippen LogP contribution in [0.4, 0.5) is 0 Å². The Morgan fingerprint density at radius 3 is 3.00 bits per heavy atom. The minimum absolute atomic E-state index is 0.139. The van der Waals surface area contributed by atoms with Crippen LogP contribution in [0.3, 0.4) is 0 Å². The average Bonchev–Trinajstić information content (AvgIpc) is 2.84. The summed E-state index contributed by atoms with van der Waals surface area (Å²) in [5, 5.41) is 7.88. The molecule has 90 valence electrons. The quantitative estimate of drug-likeness (QED) is 0.845. The lowest BCUT2D eigenvalue weighted by Crippen LogP contribution is -2.42. The lowest BCUT2D eigenvalue weighted by molar-refractivity contribution is 0.171. The molecule has 1 aromatic rings. The summed E-state index contributed by atoms with van der Waals surface area (Å²) in [6, 6.07) is 0.430. The molecule has 1 unspecified atom stereocenters. The Hall–Kier alpha value is -0.870. The second-order valence-corrected chi connectivity index (χ2v) is 5.14. The molecule has 4 nitrogen and oxygen atoms in total. The average molecular weight is 223 g/mol. The van der Waals surface area contributed by atoms with Crippen molar-refractivity contribution in [2.45, 2.75) is 45.3 Å². The predicted octanol–water partition coefficient (Wildman–Crippen LogP) is 1.73. The molecule has 0 amide bonds. The van der Waals surface area contributed by atoms with Gasteiger partial charge in [-0.05, 0) is 27.2 Å². The molecule has 0 spiro atoms. The Bertz CT molecular complexity index is 340. The molecule has 0 radical (unpaired) electrons. The molecule has 2 heterocycles. The third kappa shape index (κ3) is 2.62. The molecule has 0 saturated carbocycles. The van der Waals surface area contributed by atoms with E-state index < -0.39 is 0 Å². The topological polar surface area (TPSA) is 39.1 Å². The number of ether oxygens (including phenoxy) is 1. The van der Waals surface area contributed by atoms with Crippen LogP contribution in [0.25, 0.3) is 0 Å². The van der Waals surface area contributed by atoms with Crippen molar-refractivity contribution >= 4 is 0 Å². The van der Waals surface area contributed by atoms with E-state index in [-0.39, 0.29) is 5.54 Å². The Kier molecular flexibility index (Phi) is 3.30. The van der Waals surface area contributed by atoms with Crippen LogP contribution in [0.5, 0.6) is 0 Å². The van der Waals surface area contributed by atoms with E-state index in [9.17, 15) is 0 Å². The van der Waals surface area contributed by atoms with Gasteiger partial charge in [0.05, 0.1) is 12.8 Å². The molecular weight excluding hydrogens is 202 g/mol. The lowest BCUT2D eigenvalue weighted by atomic mass is 10.0. The first-order valence-electron chi connectivity index (χ1n) is 5.95. The fourth-order valence-corrected chi connectivity index (χ4v) is 1.87. The van der Waals surface area contributed by atoms with Gasteiger partial charge in [-0.25, -0.2) is 0 Å². The molecule has 2 rings (SSSR count). The Morgan fingerprint density at radius 1 is 1.62 bits per heavy atom. The molecule has 1 fully saturated rings. The SMILES string of the molecule is CC(C)n1cc(CNC2(C)CCOC2)cn1. The molecule has 16 heavy (non-hydrogen) atoms. The first kappa shape index (κ1) is 11.6. The van der Waals surface area contributed by atoms with Gasteiger partial charge in [0.15, 0.2) is 0 Å². The zero-order valence-electron chi connectivity index (χ0n) is 10.4. The summed E-state index contributed by atoms with van der Waals surface area (Å²) in [4.78, 5) is 0. The molecule has 0 bridgehead atoms. The molecule has 1 saturated heterocycles. The van der Waals surface area contributed by atoms with Gasteiger partial charge in [0, 0.05) is 36.5 Å². The number of nitrogens with zero attached hydrogens (tertiary/aromatic N) is 2. The van der Waals surface area contributed by atoms with Gasteiger partial charge >= 0.3 is 0 Å². The van der Waals surface area contributed by atoms with Crippen LogP contribution < -0.4 is 5.32 Å². The van der Waals surface area contributed by atoms with Gasteiger partial charge in [-0.2, -0.15) is 5.10 Å². The van der Waals surface area contributed by atoms with Gasteiger partial charge < -0.3 is 10.1 Å². The van der Waals surface area contributed by atoms with Crippen molar-refractivity contribution in [3.05, 3.63) is 18.0 Å². The van der Waals surface area contributed by atoms with Gasteiger partial charge in [0.25, 0.3) is 0 Å². The Labute approximate surface area is 97.0 Å². The number of aromatic nitrogens is 2. The molecule has 0 aliphatic carbocycles. The second-order valence-electron chi connectivity index (χ2n) is 5.14. The maximum Gasteiger partial charge on any atom is 0.0646 e. The molecule has 1 aromatic heterocycles. The number of nitrogens with one attached hydrogen (secondary N) is 1. The molecule has 4 heteroatoms. The van der Waals surface area contributed by atoms with Gasteiger partial charge in [0.1, 0.15) is 0 Å². The Morgan fingerprint density at radius 2 is 2.44 bits per heavy atom. The largest absolute Gasteiger partial charge is 0.379 e. The fraction of sp³-hybridized carbons (Fsp3) is 0.750. The summed E-state index contributed by atoms with van der Waals surface area (Å²) >= 11 is 0. The minimum atomic E-state index is 0.139. The third-order valence-corrected chi connectivity index (χ3v) is 3.12. The Balaban J connectivity index is 1.89. The van der Waals surface area contributed by atoms with Crippen molar-refractivity contribution in [2.75, 3.05) is 13.2 Å². The highest BCUT2D eigenvalue weighted by atomic mass is 16.5. The fourth-order valence-electron chi connectivity index (χ4n) is 1.87. The van der Waals surface area contributed by atoms with Crippen LogP contribution >= 0.6 is 0 Å². The van der Waals surface area contributed by atoms with Crippen molar-refractivity contribution in [1.29, 1.82) is 0 Å². The molecular formula is C12H21N3O. The van der Waals surface area contributed by atoms with Crippen LogP contribution in [-0.2, 0) is 11.3 Å². The number of rotatable bonds is 4. The highest BCUT2D eigenvalue weighted by Gasteiger charge is 2.28. The lowest BCUT2D eigenvalue weighted by Gasteiger charge is -2.23. The van der Waals surface area contributed by atoms with E-state index in [0.29, 0.717) is 6.04 Å².